The first-order chi connectivity index (χ1) is 11.6. The first kappa shape index (κ1) is 16.1. The number of carbonyl (C=O) groups is 1. The number of aromatic nitrogens is 1. The van der Waals surface area contributed by atoms with Crippen LogP contribution >= 0.6 is 11.6 Å². The van der Waals surface area contributed by atoms with E-state index in [0.29, 0.717) is 11.3 Å². The Labute approximate surface area is 143 Å². The normalized spacial score (nSPS) is 11.1. The molecule has 0 amide bonds. The van der Waals surface area contributed by atoms with Crippen molar-refractivity contribution in [1.82, 2.24) is 4.98 Å². The van der Waals surface area contributed by atoms with Crippen molar-refractivity contribution in [3.8, 4) is 0 Å². The van der Waals surface area contributed by atoms with Crippen LogP contribution < -0.4 is 0 Å². The molecule has 120 valence electrons. The van der Waals surface area contributed by atoms with Gasteiger partial charge in [-0.25, -0.2) is 14.2 Å². The zero-order valence-corrected chi connectivity index (χ0v) is 13.3. The van der Waals surface area contributed by atoms with Gasteiger partial charge >= 0.3 is 5.97 Å². The van der Waals surface area contributed by atoms with Crippen LogP contribution in [0.15, 0.2) is 60.7 Å². The van der Waals surface area contributed by atoms with Crippen molar-refractivity contribution in [2.24, 2.45) is 0 Å². The molecule has 2 aromatic carbocycles. The third-order valence-corrected chi connectivity index (χ3v) is 3.75. The number of ether oxygens (including phenoxy) is 1. The van der Waals surface area contributed by atoms with Gasteiger partial charge in [0.2, 0.25) is 0 Å². The van der Waals surface area contributed by atoms with Gasteiger partial charge in [0.15, 0.2) is 0 Å². The maximum absolute atomic E-state index is 13.0. The Morgan fingerprint density at radius 1 is 1.17 bits per heavy atom. The molecule has 0 bridgehead atoms. The van der Waals surface area contributed by atoms with Crippen LogP contribution in [-0.4, -0.2) is 11.0 Å². The van der Waals surface area contributed by atoms with Crippen LogP contribution in [0.5, 0.6) is 0 Å². The minimum Gasteiger partial charge on any atom is -0.458 e. The molecule has 0 spiro atoms. The van der Waals surface area contributed by atoms with Gasteiger partial charge in [-0.2, -0.15) is 0 Å². The number of hydrogen-bond acceptors (Lipinski definition) is 3. The van der Waals surface area contributed by atoms with E-state index in [1.54, 1.807) is 6.08 Å². The first-order valence-electron chi connectivity index (χ1n) is 7.26. The van der Waals surface area contributed by atoms with Gasteiger partial charge in [0.05, 0.1) is 16.2 Å². The van der Waals surface area contributed by atoms with E-state index in [0.717, 1.165) is 10.9 Å². The van der Waals surface area contributed by atoms with Crippen molar-refractivity contribution >= 4 is 34.5 Å². The smallest absolute Gasteiger partial charge is 0.331 e. The zero-order valence-electron chi connectivity index (χ0n) is 12.6. The summed E-state index contributed by atoms with van der Waals surface area (Å²) >= 11 is 5.88. The van der Waals surface area contributed by atoms with Crippen molar-refractivity contribution in [2.45, 2.75) is 6.61 Å². The molecule has 0 saturated heterocycles. The third-order valence-electron chi connectivity index (χ3n) is 3.40. The fourth-order valence-electron chi connectivity index (χ4n) is 2.16. The summed E-state index contributed by atoms with van der Waals surface area (Å²) in [5, 5.41) is 1.26. The largest absolute Gasteiger partial charge is 0.458 e. The number of para-hydroxylation sites is 1. The Kier molecular flexibility index (Phi) is 4.87. The van der Waals surface area contributed by atoms with Crippen LogP contribution in [0.3, 0.4) is 0 Å². The van der Waals surface area contributed by atoms with Gasteiger partial charge in [-0.1, -0.05) is 41.9 Å². The number of esters is 1. The predicted octanol–water partition coefficient (Wildman–Crippen LogP) is 4.78. The van der Waals surface area contributed by atoms with E-state index in [4.69, 9.17) is 16.3 Å². The summed E-state index contributed by atoms with van der Waals surface area (Å²) in [6, 6.07) is 15.4. The summed E-state index contributed by atoms with van der Waals surface area (Å²) in [5.74, 6) is -0.956. The number of carbonyl (C=O) groups excluding carboxylic acids is 1. The summed E-state index contributed by atoms with van der Waals surface area (Å²) in [6.45, 7) is -0.0204. The first-order valence-corrected chi connectivity index (χ1v) is 7.64. The van der Waals surface area contributed by atoms with Crippen LogP contribution in [0.2, 0.25) is 5.02 Å². The molecule has 0 N–H and O–H groups in total. The van der Waals surface area contributed by atoms with Gasteiger partial charge in [-0.3, -0.25) is 0 Å². The molecule has 0 aliphatic heterocycles. The highest BCUT2D eigenvalue weighted by Gasteiger charge is 2.05. The Balaban J connectivity index is 1.63. The molecule has 0 atom stereocenters. The molecule has 0 radical (unpaired) electrons. The number of halogens is 2. The standard InChI is InChI=1S/C19H13ClFNO2/c20-17-11-15(21)7-5-14(17)12-24-19(23)10-9-16-8-6-13-3-1-2-4-18(13)22-16/h1-11H,12H2. The van der Waals surface area contributed by atoms with Gasteiger partial charge in [-0.15, -0.1) is 0 Å². The lowest BCUT2D eigenvalue weighted by molar-refractivity contribution is -0.138. The lowest BCUT2D eigenvalue weighted by atomic mass is 10.2. The molecule has 0 fully saturated rings. The molecule has 0 aliphatic rings. The highest BCUT2D eigenvalue weighted by molar-refractivity contribution is 6.31. The molecule has 0 aliphatic carbocycles. The number of fused-ring (bicyclic) bond motifs is 1. The van der Waals surface area contributed by atoms with Crippen LogP contribution in [0.25, 0.3) is 17.0 Å². The molecule has 1 heterocycles. The van der Waals surface area contributed by atoms with Gasteiger partial charge in [0.1, 0.15) is 12.4 Å². The molecule has 3 nitrogen and oxygen atoms in total. The topological polar surface area (TPSA) is 39.2 Å². The fraction of sp³-hybridized carbons (Fsp3) is 0.0526. The fourth-order valence-corrected chi connectivity index (χ4v) is 2.39. The quantitative estimate of drug-likeness (QED) is 0.506. The minimum absolute atomic E-state index is 0.0204. The van der Waals surface area contributed by atoms with E-state index in [-0.39, 0.29) is 11.6 Å². The average molecular weight is 342 g/mol. The Morgan fingerprint density at radius 2 is 2.00 bits per heavy atom. The molecule has 24 heavy (non-hydrogen) atoms. The zero-order chi connectivity index (χ0) is 16.9. The van der Waals surface area contributed by atoms with Crippen LogP contribution in [0.1, 0.15) is 11.3 Å². The SMILES string of the molecule is O=C(C=Cc1ccc2ccccc2n1)OCc1ccc(F)cc1Cl. The van der Waals surface area contributed by atoms with Crippen molar-refractivity contribution in [3.63, 3.8) is 0 Å². The summed E-state index contributed by atoms with van der Waals surface area (Å²) in [4.78, 5) is 16.2. The molecular formula is C19H13ClFNO2. The van der Waals surface area contributed by atoms with E-state index in [1.165, 1.54) is 24.3 Å². The van der Waals surface area contributed by atoms with E-state index in [2.05, 4.69) is 4.98 Å². The molecular weight excluding hydrogens is 329 g/mol. The second kappa shape index (κ2) is 7.23. The van der Waals surface area contributed by atoms with Crippen molar-refractivity contribution in [1.29, 1.82) is 0 Å². The summed E-state index contributed by atoms with van der Waals surface area (Å²) in [7, 11) is 0. The van der Waals surface area contributed by atoms with Crippen molar-refractivity contribution in [2.75, 3.05) is 0 Å². The number of nitrogens with zero attached hydrogens (tertiary/aromatic N) is 1. The van der Waals surface area contributed by atoms with Crippen LogP contribution in [0, 0.1) is 5.82 Å². The van der Waals surface area contributed by atoms with Crippen molar-refractivity contribution in [3.05, 3.63) is 82.8 Å². The maximum Gasteiger partial charge on any atom is 0.331 e. The summed E-state index contributed by atoms with van der Waals surface area (Å²) in [5.41, 5.74) is 2.06. The van der Waals surface area contributed by atoms with Gasteiger partial charge in [-0.05, 0) is 30.3 Å². The van der Waals surface area contributed by atoms with Gasteiger partial charge in [0.25, 0.3) is 0 Å². The van der Waals surface area contributed by atoms with Gasteiger partial charge in [0, 0.05) is 17.0 Å². The minimum atomic E-state index is -0.523. The molecule has 3 aromatic rings. The highest BCUT2D eigenvalue weighted by Crippen LogP contribution is 2.18. The Morgan fingerprint density at radius 3 is 2.83 bits per heavy atom. The number of rotatable bonds is 4. The monoisotopic (exact) mass is 341 g/mol. The van der Waals surface area contributed by atoms with E-state index in [1.807, 2.05) is 36.4 Å². The van der Waals surface area contributed by atoms with E-state index in [9.17, 15) is 9.18 Å². The second-order valence-electron chi connectivity index (χ2n) is 5.11. The summed E-state index contributed by atoms with van der Waals surface area (Å²) in [6.07, 6.45) is 2.88. The number of hydrogen-bond donors (Lipinski definition) is 0. The van der Waals surface area contributed by atoms with Crippen LogP contribution in [0.4, 0.5) is 4.39 Å². The lowest BCUT2D eigenvalue weighted by Gasteiger charge is -2.04. The average Bonchev–Trinajstić information content (AvgIpc) is 2.59. The molecule has 0 saturated carbocycles. The molecule has 3 rings (SSSR count). The van der Waals surface area contributed by atoms with E-state index < -0.39 is 11.8 Å². The van der Waals surface area contributed by atoms with Crippen molar-refractivity contribution < 1.29 is 13.9 Å². The number of pyridine rings is 1. The highest BCUT2D eigenvalue weighted by atomic mass is 35.5. The Hall–Kier alpha value is -2.72. The molecule has 0 unspecified atom stereocenters. The van der Waals surface area contributed by atoms with Gasteiger partial charge < -0.3 is 4.74 Å². The third kappa shape index (κ3) is 3.97. The lowest BCUT2D eigenvalue weighted by Crippen LogP contribution is -2.01. The second-order valence-corrected chi connectivity index (χ2v) is 5.51. The van der Waals surface area contributed by atoms with E-state index >= 15 is 0 Å². The predicted molar refractivity (Wildman–Crippen MR) is 92.0 cm³/mol. The Bertz CT molecular complexity index is 924. The molecule has 5 heteroatoms. The van der Waals surface area contributed by atoms with Crippen LogP contribution in [-0.2, 0) is 16.1 Å². The number of benzene rings is 2. The summed E-state index contributed by atoms with van der Waals surface area (Å²) < 4.78 is 18.1. The maximum atomic E-state index is 13.0. The molecule has 1 aromatic heterocycles.